The molecule has 2 aromatic rings. The molecule has 1 N–H and O–H groups in total. The molecule has 2 aromatic carbocycles. The third kappa shape index (κ3) is 6.56. The van der Waals surface area contributed by atoms with Gasteiger partial charge in [0.15, 0.2) is 5.82 Å². The number of nitrogens with zero attached hydrogens (tertiary/aromatic N) is 2. The number of carboxylic acid groups (broad SMARTS) is 1. The van der Waals surface area contributed by atoms with Crippen molar-refractivity contribution in [2.24, 2.45) is 16.8 Å². The van der Waals surface area contributed by atoms with E-state index in [0.29, 0.717) is 30.2 Å². The number of carboxylic acids is 1. The minimum absolute atomic E-state index is 0. The van der Waals surface area contributed by atoms with Gasteiger partial charge in [0.25, 0.3) is 11.8 Å². The third-order valence-electron chi connectivity index (χ3n) is 7.83. The van der Waals surface area contributed by atoms with Crippen LogP contribution < -0.4 is 40.0 Å². The second-order valence-corrected chi connectivity index (χ2v) is 10.9. The predicted octanol–water partition coefficient (Wildman–Crippen LogP) is 1.29. The molecule has 2 amide bonds. The molecule has 1 aliphatic carbocycles. The third-order valence-corrected chi connectivity index (χ3v) is 8.12. The zero-order valence-corrected chi connectivity index (χ0v) is 25.6. The Labute approximate surface area is 255 Å². The summed E-state index contributed by atoms with van der Waals surface area (Å²) in [5, 5.41) is 13.1. The molecule has 0 saturated heterocycles. The fraction of sp³-hybridized carbons (Fsp3) is 0.448. The summed E-state index contributed by atoms with van der Waals surface area (Å²) in [6.45, 7) is 6.29. The van der Waals surface area contributed by atoms with Gasteiger partial charge in [0, 0.05) is 30.1 Å². The Balaban J connectivity index is 0.00000420. The Hall–Kier alpha value is -2.26. The Morgan fingerprint density at radius 2 is 1.79 bits per heavy atom. The minimum Gasteiger partial charge on any atom is -0.550 e. The summed E-state index contributed by atoms with van der Waals surface area (Å²) in [5.74, 6) is -1.57. The summed E-state index contributed by atoms with van der Waals surface area (Å²) in [4.78, 5) is 43.5. The number of nitrogens with one attached hydrogen (secondary N) is 1. The van der Waals surface area contributed by atoms with Crippen molar-refractivity contribution in [1.82, 2.24) is 10.2 Å². The van der Waals surface area contributed by atoms with Crippen molar-refractivity contribution in [2.75, 3.05) is 6.54 Å². The van der Waals surface area contributed by atoms with E-state index in [1.165, 1.54) is 12.1 Å². The number of hydrogen-bond donors (Lipinski definition) is 1. The van der Waals surface area contributed by atoms with Gasteiger partial charge >= 0.3 is 29.6 Å². The molecule has 1 atom stereocenters. The van der Waals surface area contributed by atoms with Crippen molar-refractivity contribution in [2.45, 2.75) is 64.6 Å². The van der Waals surface area contributed by atoms with Gasteiger partial charge in [0.05, 0.1) is 11.1 Å². The van der Waals surface area contributed by atoms with Crippen LogP contribution in [0.3, 0.4) is 0 Å². The smallest absolute Gasteiger partial charge is 0.550 e. The van der Waals surface area contributed by atoms with Crippen molar-refractivity contribution in [1.29, 1.82) is 0 Å². The fourth-order valence-corrected chi connectivity index (χ4v) is 5.75. The van der Waals surface area contributed by atoms with Crippen LogP contribution in [0.25, 0.3) is 0 Å². The topological polar surface area (TPSA) is 102 Å². The Bertz CT molecular complexity index is 1260. The molecule has 10 heteroatoms. The predicted molar refractivity (Wildman–Crippen MR) is 141 cm³/mol. The van der Waals surface area contributed by atoms with Crippen LogP contribution in [0, 0.1) is 17.7 Å². The van der Waals surface area contributed by atoms with Crippen molar-refractivity contribution in [3.63, 3.8) is 0 Å². The molecule has 0 aromatic heterocycles. The standard InChI is InChI=1S/C29H33ClFN3O4.Na/c1-17(2)19-11-14-29(15-12-19)33-26(22-5-4-6-23(30)25(22)31)28(38)34(29)18(3)20-7-9-21(10-8-20)27(37)32-16-13-24(35)36;/h4-10,17-19H,11-16H2,1-3H3,(H,32,37)(H,35,36);/q;+1/p-1/t18-,19?,29?;/m1./s1. The molecule has 1 heterocycles. The van der Waals surface area contributed by atoms with Crippen LogP contribution in [-0.4, -0.2) is 40.6 Å². The molecule has 0 radical (unpaired) electrons. The molecule has 2 aliphatic rings. The SMILES string of the molecule is CC(C)C1CCC2(CC1)N=C(c1cccc(Cl)c1F)C(=O)N2[C@H](C)c1ccc(C(=O)NCCC(=O)[O-])cc1.[Na+]. The minimum atomic E-state index is -1.24. The van der Waals surface area contributed by atoms with E-state index >= 15 is 0 Å². The van der Waals surface area contributed by atoms with Crippen molar-refractivity contribution in [3.8, 4) is 0 Å². The molecule has 202 valence electrons. The molecule has 1 saturated carbocycles. The van der Waals surface area contributed by atoms with Gasteiger partial charge in [0.2, 0.25) is 0 Å². The second-order valence-electron chi connectivity index (χ2n) is 10.5. The van der Waals surface area contributed by atoms with Crippen molar-refractivity contribution < 1.29 is 53.4 Å². The molecule has 1 fully saturated rings. The number of amides is 2. The first-order valence-corrected chi connectivity index (χ1v) is 13.4. The van der Waals surface area contributed by atoms with Gasteiger partial charge in [-0.05, 0) is 74.3 Å². The average Bonchev–Trinajstić information content (AvgIpc) is 3.16. The number of carbonyl (C=O) groups excluding carboxylic acids is 3. The maximum Gasteiger partial charge on any atom is 1.00 e. The van der Waals surface area contributed by atoms with Crippen LogP contribution in [0.1, 0.15) is 80.4 Å². The van der Waals surface area contributed by atoms with E-state index in [2.05, 4.69) is 19.2 Å². The first kappa shape index (κ1) is 31.3. The van der Waals surface area contributed by atoms with Crippen LogP contribution in [-0.2, 0) is 9.59 Å². The summed E-state index contributed by atoms with van der Waals surface area (Å²) >= 11 is 6.03. The van der Waals surface area contributed by atoms with Gasteiger partial charge in [-0.3, -0.25) is 14.6 Å². The molecule has 4 rings (SSSR count). The summed E-state index contributed by atoms with van der Waals surface area (Å²) in [6.07, 6.45) is 2.90. The fourth-order valence-electron chi connectivity index (χ4n) is 5.58. The molecule has 1 aliphatic heterocycles. The van der Waals surface area contributed by atoms with Gasteiger partial charge in [-0.2, -0.15) is 0 Å². The van der Waals surface area contributed by atoms with E-state index in [-0.39, 0.29) is 64.7 Å². The maximum absolute atomic E-state index is 15.0. The van der Waals surface area contributed by atoms with E-state index in [1.54, 1.807) is 35.2 Å². The molecule has 1 spiro atoms. The molecule has 0 unspecified atom stereocenters. The van der Waals surface area contributed by atoms with Gasteiger partial charge in [-0.25, -0.2) is 4.39 Å². The number of benzene rings is 2. The molecule has 0 bridgehead atoms. The number of hydrogen-bond acceptors (Lipinski definition) is 5. The van der Waals surface area contributed by atoms with E-state index in [9.17, 15) is 23.9 Å². The zero-order chi connectivity index (χ0) is 27.6. The second kappa shape index (κ2) is 12.9. The number of carbonyl (C=O) groups is 3. The Morgan fingerprint density at radius 3 is 2.38 bits per heavy atom. The van der Waals surface area contributed by atoms with E-state index < -0.39 is 29.4 Å². The largest absolute Gasteiger partial charge is 1.00 e. The molecule has 7 nitrogen and oxygen atoms in total. The first-order chi connectivity index (χ1) is 18.0. The zero-order valence-electron chi connectivity index (χ0n) is 22.8. The molecular weight excluding hydrogens is 532 g/mol. The van der Waals surface area contributed by atoms with E-state index in [1.807, 2.05) is 6.92 Å². The van der Waals surface area contributed by atoms with Crippen LogP contribution in [0.15, 0.2) is 47.5 Å². The van der Waals surface area contributed by atoms with Crippen LogP contribution >= 0.6 is 11.6 Å². The number of halogens is 2. The first-order valence-electron chi connectivity index (χ1n) is 13.0. The number of aliphatic imine (C=N–C) groups is 1. The number of aliphatic carboxylic acids is 1. The Kier molecular flexibility index (Phi) is 10.4. The van der Waals surface area contributed by atoms with Gasteiger partial charge < -0.3 is 20.1 Å². The number of rotatable bonds is 8. The normalized spacial score (nSPS) is 21.5. The maximum atomic E-state index is 15.0. The van der Waals surface area contributed by atoms with Gasteiger partial charge in [-0.1, -0.05) is 43.6 Å². The van der Waals surface area contributed by atoms with Gasteiger partial charge in [0.1, 0.15) is 11.4 Å². The summed E-state index contributed by atoms with van der Waals surface area (Å²) in [5.41, 5.74) is 0.581. The van der Waals surface area contributed by atoms with Crippen LogP contribution in [0.2, 0.25) is 5.02 Å². The monoisotopic (exact) mass is 563 g/mol. The summed E-state index contributed by atoms with van der Waals surface area (Å²) < 4.78 is 15.0. The Morgan fingerprint density at radius 1 is 1.15 bits per heavy atom. The van der Waals surface area contributed by atoms with Crippen molar-refractivity contribution >= 4 is 35.1 Å². The summed E-state index contributed by atoms with van der Waals surface area (Å²) in [7, 11) is 0. The van der Waals surface area contributed by atoms with Crippen LogP contribution in [0.5, 0.6) is 0 Å². The average molecular weight is 564 g/mol. The van der Waals surface area contributed by atoms with E-state index in [4.69, 9.17) is 16.6 Å². The van der Waals surface area contributed by atoms with E-state index in [0.717, 1.165) is 18.4 Å². The van der Waals surface area contributed by atoms with Gasteiger partial charge in [-0.15, -0.1) is 0 Å². The summed E-state index contributed by atoms with van der Waals surface area (Å²) in [6, 6.07) is 11.0. The van der Waals surface area contributed by atoms with Crippen molar-refractivity contribution in [3.05, 3.63) is 70.0 Å². The quantitative estimate of drug-likeness (QED) is 0.489. The van der Waals surface area contributed by atoms with Crippen LogP contribution in [0.4, 0.5) is 4.39 Å². The molecule has 39 heavy (non-hydrogen) atoms. The molecular formula is C29H32ClFN3NaO4.